The number of allylic oxidation sites excluding steroid dienone is 4. The molecule has 0 aliphatic rings. The summed E-state index contributed by atoms with van der Waals surface area (Å²) in [5, 5.41) is 19.4. The van der Waals surface area contributed by atoms with Crippen LogP contribution in [0.2, 0.25) is 0 Å². The second-order valence-corrected chi connectivity index (χ2v) is 5.82. The van der Waals surface area contributed by atoms with Gasteiger partial charge >= 0.3 is 5.97 Å². The predicted octanol–water partition coefficient (Wildman–Crippen LogP) is 5.49. The first kappa shape index (κ1) is 21.4. The molecule has 0 fully saturated rings. The van der Waals surface area contributed by atoms with Gasteiger partial charge in [-0.3, -0.25) is 14.9 Å². The number of nitro groups is 1. The van der Waals surface area contributed by atoms with E-state index in [0.717, 1.165) is 57.8 Å². The summed E-state index contributed by atoms with van der Waals surface area (Å²) in [5.74, 6) is -0.718. The largest absolute Gasteiger partial charge is 0.481 e. The SMILES string of the molecule is CCCCC/C(=C\C/C=C\CCCCCCCC(=O)O)[N+](=O)[O-]. The summed E-state index contributed by atoms with van der Waals surface area (Å²) >= 11 is 0. The van der Waals surface area contributed by atoms with Crippen LogP contribution in [0.3, 0.4) is 0 Å². The Labute approximate surface area is 139 Å². The molecule has 0 heterocycles. The summed E-state index contributed by atoms with van der Waals surface area (Å²) in [6.07, 6.45) is 16.2. The van der Waals surface area contributed by atoms with E-state index < -0.39 is 5.97 Å². The molecule has 23 heavy (non-hydrogen) atoms. The van der Waals surface area contributed by atoms with Gasteiger partial charge in [-0.25, -0.2) is 0 Å². The van der Waals surface area contributed by atoms with Gasteiger partial charge in [0.15, 0.2) is 0 Å². The van der Waals surface area contributed by atoms with Crippen LogP contribution in [0.4, 0.5) is 0 Å². The zero-order chi connectivity index (χ0) is 17.3. The first-order valence-electron chi connectivity index (χ1n) is 8.78. The average molecular weight is 325 g/mol. The number of carbonyl (C=O) groups is 1. The van der Waals surface area contributed by atoms with E-state index in [1.807, 2.05) is 6.08 Å². The predicted molar refractivity (Wildman–Crippen MR) is 92.9 cm³/mol. The van der Waals surface area contributed by atoms with Gasteiger partial charge in [0.2, 0.25) is 5.70 Å². The molecule has 5 nitrogen and oxygen atoms in total. The Balaban J connectivity index is 3.68. The molecule has 0 rings (SSSR count). The van der Waals surface area contributed by atoms with Crippen LogP contribution in [0.5, 0.6) is 0 Å². The summed E-state index contributed by atoms with van der Waals surface area (Å²) in [5.41, 5.74) is 0.335. The third kappa shape index (κ3) is 15.0. The Bertz CT molecular complexity index is 388. The molecule has 132 valence electrons. The molecule has 0 unspecified atom stereocenters. The van der Waals surface area contributed by atoms with Crippen molar-refractivity contribution in [3.05, 3.63) is 34.0 Å². The lowest BCUT2D eigenvalue weighted by Crippen LogP contribution is -1.98. The minimum absolute atomic E-state index is 0.263. The van der Waals surface area contributed by atoms with E-state index >= 15 is 0 Å². The van der Waals surface area contributed by atoms with Crippen LogP contribution >= 0.6 is 0 Å². The summed E-state index contributed by atoms with van der Waals surface area (Å²) in [6.45, 7) is 2.09. The molecular weight excluding hydrogens is 294 g/mol. The normalized spacial score (nSPS) is 12.0. The number of hydrogen-bond donors (Lipinski definition) is 1. The van der Waals surface area contributed by atoms with E-state index in [0.29, 0.717) is 18.5 Å². The fraction of sp³-hybridized carbons (Fsp3) is 0.722. The van der Waals surface area contributed by atoms with Crippen molar-refractivity contribution in [2.45, 2.75) is 84.0 Å². The van der Waals surface area contributed by atoms with Crippen LogP contribution in [0.1, 0.15) is 84.0 Å². The van der Waals surface area contributed by atoms with Crippen molar-refractivity contribution in [2.24, 2.45) is 0 Å². The molecular formula is C18H31NO4. The lowest BCUT2D eigenvalue weighted by Gasteiger charge is -1.98. The van der Waals surface area contributed by atoms with Crippen LogP contribution in [0.15, 0.2) is 23.9 Å². The lowest BCUT2D eigenvalue weighted by molar-refractivity contribution is -0.428. The van der Waals surface area contributed by atoms with E-state index in [9.17, 15) is 14.9 Å². The summed E-state index contributed by atoms with van der Waals surface area (Å²) in [6, 6.07) is 0. The van der Waals surface area contributed by atoms with E-state index in [1.165, 1.54) is 0 Å². The third-order valence-corrected chi connectivity index (χ3v) is 3.69. The Kier molecular flexibility index (Phi) is 14.2. The van der Waals surface area contributed by atoms with Gasteiger partial charge in [0.25, 0.3) is 0 Å². The highest BCUT2D eigenvalue weighted by Crippen LogP contribution is 2.11. The lowest BCUT2D eigenvalue weighted by atomic mass is 10.1. The minimum atomic E-state index is -0.718. The van der Waals surface area contributed by atoms with E-state index in [4.69, 9.17) is 5.11 Å². The molecule has 0 atom stereocenters. The number of nitrogens with zero attached hydrogens (tertiary/aromatic N) is 1. The molecule has 0 aromatic carbocycles. The number of aliphatic carboxylic acids is 1. The van der Waals surface area contributed by atoms with Gasteiger partial charge in [0.1, 0.15) is 0 Å². The van der Waals surface area contributed by atoms with Gasteiger partial charge in [-0.05, 0) is 38.2 Å². The molecule has 0 radical (unpaired) electrons. The summed E-state index contributed by atoms with van der Waals surface area (Å²) < 4.78 is 0. The summed E-state index contributed by atoms with van der Waals surface area (Å²) in [4.78, 5) is 21.0. The maximum absolute atomic E-state index is 10.9. The first-order valence-corrected chi connectivity index (χ1v) is 8.78. The molecule has 1 N–H and O–H groups in total. The van der Waals surface area contributed by atoms with Crippen molar-refractivity contribution in [2.75, 3.05) is 0 Å². The Morgan fingerprint density at radius 1 is 1.00 bits per heavy atom. The highest BCUT2D eigenvalue weighted by molar-refractivity contribution is 5.66. The van der Waals surface area contributed by atoms with E-state index in [-0.39, 0.29) is 11.3 Å². The average Bonchev–Trinajstić information content (AvgIpc) is 2.50. The second kappa shape index (κ2) is 15.3. The third-order valence-electron chi connectivity index (χ3n) is 3.69. The van der Waals surface area contributed by atoms with Gasteiger partial charge in [-0.1, -0.05) is 51.2 Å². The van der Waals surface area contributed by atoms with Crippen molar-refractivity contribution in [1.82, 2.24) is 0 Å². The van der Waals surface area contributed by atoms with E-state index in [2.05, 4.69) is 13.0 Å². The van der Waals surface area contributed by atoms with Crippen LogP contribution in [0, 0.1) is 10.1 Å². The van der Waals surface area contributed by atoms with Crippen molar-refractivity contribution in [1.29, 1.82) is 0 Å². The zero-order valence-corrected chi connectivity index (χ0v) is 14.3. The quantitative estimate of drug-likeness (QED) is 0.187. The van der Waals surface area contributed by atoms with Crippen molar-refractivity contribution < 1.29 is 14.8 Å². The fourth-order valence-electron chi connectivity index (χ4n) is 2.31. The zero-order valence-electron chi connectivity index (χ0n) is 14.3. The van der Waals surface area contributed by atoms with Crippen LogP contribution in [0.25, 0.3) is 0 Å². The molecule has 0 aromatic rings. The number of carboxylic acids is 1. The maximum atomic E-state index is 10.9. The molecule has 0 aliphatic heterocycles. The molecule has 0 spiro atoms. The van der Waals surface area contributed by atoms with E-state index in [1.54, 1.807) is 6.08 Å². The Hall–Kier alpha value is -1.65. The second-order valence-electron chi connectivity index (χ2n) is 5.82. The van der Waals surface area contributed by atoms with Gasteiger partial charge in [-0.15, -0.1) is 0 Å². The van der Waals surface area contributed by atoms with Crippen LogP contribution in [-0.2, 0) is 4.79 Å². The molecule has 5 heteroatoms. The number of unbranched alkanes of at least 4 members (excludes halogenated alkanes) is 7. The van der Waals surface area contributed by atoms with Crippen molar-refractivity contribution in [3.63, 3.8) is 0 Å². The molecule has 0 aromatic heterocycles. The Morgan fingerprint density at radius 2 is 1.65 bits per heavy atom. The monoisotopic (exact) mass is 325 g/mol. The number of rotatable bonds is 15. The van der Waals surface area contributed by atoms with Crippen molar-refractivity contribution >= 4 is 5.97 Å². The van der Waals surface area contributed by atoms with Gasteiger partial charge in [0.05, 0.1) is 4.92 Å². The Morgan fingerprint density at radius 3 is 2.30 bits per heavy atom. The van der Waals surface area contributed by atoms with Crippen molar-refractivity contribution in [3.8, 4) is 0 Å². The minimum Gasteiger partial charge on any atom is -0.481 e. The van der Waals surface area contributed by atoms with Gasteiger partial charge in [0, 0.05) is 12.8 Å². The maximum Gasteiger partial charge on any atom is 0.303 e. The summed E-state index contributed by atoms with van der Waals surface area (Å²) in [7, 11) is 0. The highest BCUT2D eigenvalue weighted by Gasteiger charge is 2.08. The number of hydrogen-bond acceptors (Lipinski definition) is 3. The van der Waals surface area contributed by atoms with Gasteiger partial charge in [-0.2, -0.15) is 0 Å². The highest BCUT2D eigenvalue weighted by atomic mass is 16.6. The number of carboxylic acid groups (broad SMARTS) is 1. The molecule has 0 saturated carbocycles. The smallest absolute Gasteiger partial charge is 0.303 e. The topological polar surface area (TPSA) is 80.4 Å². The first-order chi connectivity index (χ1) is 11.1. The van der Waals surface area contributed by atoms with Gasteiger partial charge < -0.3 is 5.11 Å². The molecule has 0 saturated heterocycles. The van der Waals surface area contributed by atoms with Crippen LogP contribution < -0.4 is 0 Å². The van der Waals surface area contributed by atoms with Crippen LogP contribution in [-0.4, -0.2) is 16.0 Å². The fourth-order valence-corrected chi connectivity index (χ4v) is 2.31. The molecule has 0 bridgehead atoms. The molecule has 0 amide bonds. The molecule has 0 aliphatic carbocycles. The standard InChI is InChI=1S/C18H31NO4/c1-2-3-11-14-17(19(22)23)15-12-9-7-5-4-6-8-10-13-16-18(20)21/h7,9,15H,2-6,8,10-14,16H2,1H3,(H,20,21)/b9-7-,17-15+.